The number of carbonyl (C=O) groups excluding carboxylic acids is 1. The molecule has 0 spiro atoms. The van der Waals surface area contributed by atoms with Gasteiger partial charge in [0, 0.05) is 5.02 Å². The number of hydrazine groups is 1. The highest BCUT2D eigenvalue weighted by atomic mass is 35.5. The molecule has 0 aromatic heterocycles. The van der Waals surface area contributed by atoms with Gasteiger partial charge in [0.05, 0.1) is 12.8 Å². The normalized spacial score (nSPS) is 9.08. The van der Waals surface area contributed by atoms with Gasteiger partial charge in [0.15, 0.2) is 0 Å². The molecular weight excluding hydrogens is 192 g/mol. The van der Waals surface area contributed by atoms with Crippen molar-refractivity contribution in [1.82, 2.24) is 5.43 Å². The molecular formula is C8H9ClN2O2. The molecule has 5 heteroatoms. The average molecular weight is 201 g/mol. The van der Waals surface area contributed by atoms with Gasteiger partial charge in [0.25, 0.3) is 0 Å². The van der Waals surface area contributed by atoms with Gasteiger partial charge < -0.3 is 4.74 Å². The smallest absolute Gasteiger partial charge is 0.425 e. The Morgan fingerprint density at radius 1 is 1.38 bits per heavy atom. The molecule has 1 aromatic rings. The Morgan fingerprint density at radius 2 is 2.00 bits per heavy atom. The lowest BCUT2D eigenvalue weighted by atomic mass is 10.3. The third-order valence-electron chi connectivity index (χ3n) is 1.34. The fourth-order valence-electron chi connectivity index (χ4n) is 0.707. The van der Waals surface area contributed by atoms with E-state index in [0.29, 0.717) is 5.02 Å². The van der Waals surface area contributed by atoms with Crippen LogP contribution in [-0.4, -0.2) is 13.2 Å². The van der Waals surface area contributed by atoms with Crippen molar-refractivity contribution >= 4 is 23.4 Å². The lowest BCUT2D eigenvalue weighted by Gasteiger charge is -2.06. The van der Waals surface area contributed by atoms with Crippen molar-refractivity contribution < 1.29 is 9.53 Å². The molecule has 0 fully saturated rings. The summed E-state index contributed by atoms with van der Waals surface area (Å²) >= 11 is 5.66. The minimum atomic E-state index is -0.546. The summed E-state index contributed by atoms with van der Waals surface area (Å²) in [6.45, 7) is 0. The van der Waals surface area contributed by atoms with E-state index in [9.17, 15) is 4.79 Å². The van der Waals surface area contributed by atoms with Crippen LogP contribution in [0.1, 0.15) is 0 Å². The molecule has 0 bridgehead atoms. The molecule has 0 radical (unpaired) electrons. The maximum Gasteiger partial charge on any atom is 0.425 e. The second-order valence-corrected chi connectivity index (χ2v) is 2.68. The van der Waals surface area contributed by atoms with Crippen molar-refractivity contribution in [2.75, 3.05) is 12.5 Å². The van der Waals surface area contributed by atoms with Crippen LogP contribution in [0.5, 0.6) is 0 Å². The first-order valence-electron chi connectivity index (χ1n) is 3.58. The lowest BCUT2D eigenvalue weighted by molar-refractivity contribution is 0.173. The monoisotopic (exact) mass is 200 g/mol. The summed E-state index contributed by atoms with van der Waals surface area (Å²) in [6, 6.07) is 6.89. The van der Waals surface area contributed by atoms with Crippen LogP contribution in [0.15, 0.2) is 24.3 Å². The molecule has 0 aliphatic carbocycles. The van der Waals surface area contributed by atoms with Crippen LogP contribution >= 0.6 is 11.6 Å². The van der Waals surface area contributed by atoms with Crippen LogP contribution in [0.2, 0.25) is 5.02 Å². The van der Waals surface area contributed by atoms with Crippen LogP contribution in [0.3, 0.4) is 0 Å². The summed E-state index contributed by atoms with van der Waals surface area (Å²) in [5.74, 6) is 0. The van der Waals surface area contributed by atoms with E-state index in [1.165, 1.54) is 7.11 Å². The van der Waals surface area contributed by atoms with E-state index in [2.05, 4.69) is 15.6 Å². The van der Waals surface area contributed by atoms with Crippen LogP contribution in [0, 0.1) is 0 Å². The van der Waals surface area contributed by atoms with Gasteiger partial charge in [0.2, 0.25) is 0 Å². The minimum Gasteiger partial charge on any atom is -0.452 e. The molecule has 0 heterocycles. The zero-order chi connectivity index (χ0) is 9.68. The van der Waals surface area contributed by atoms with Gasteiger partial charge in [-0.1, -0.05) is 11.6 Å². The SMILES string of the molecule is COC(=O)NNc1ccc(Cl)cc1. The third-order valence-corrected chi connectivity index (χ3v) is 1.59. The number of halogens is 1. The quantitative estimate of drug-likeness (QED) is 0.719. The zero-order valence-electron chi connectivity index (χ0n) is 7.00. The van der Waals surface area contributed by atoms with Crippen molar-refractivity contribution in [1.29, 1.82) is 0 Å². The van der Waals surface area contributed by atoms with E-state index < -0.39 is 6.09 Å². The average Bonchev–Trinajstić information content (AvgIpc) is 2.16. The zero-order valence-corrected chi connectivity index (χ0v) is 7.76. The Labute approximate surface area is 80.8 Å². The first kappa shape index (κ1) is 9.67. The Kier molecular flexibility index (Phi) is 3.40. The summed E-state index contributed by atoms with van der Waals surface area (Å²) in [6.07, 6.45) is -0.546. The van der Waals surface area contributed by atoms with Gasteiger partial charge in [-0.05, 0) is 24.3 Å². The Balaban J connectivity index is 2.46. The molecule has 0 saturated heterocycles. The number of amides is 1. The van der Waals surface area contributed by atoms with E-state index in [1.807, 2.05) is 0 Å². The predicted octanol–water partition coefficient (Wildman–Crippen LogP) is 2.02. The number of anilines is 1. The van der Waals surface area contributed by atoms with E-state index in [4.69, 9.17) is 11.6 Å². The van der Waals surface area contributed by atoms with Crippen molar-refractivity contribution in [2.24, 2.45) is 0 Å². The van der Waals surface area contributed by atoms with Gasteiger partial charge in [0.1, 0.15) is 0 Å². The van der Waals surface area contributed by atoms with Crippen molar-refractivity contribution in [3.05, 3.63) is 29.3 Å². The largest absolute Gasteiger partial charge is 0.452 e. The summed E-state index contributed by atoms with van der Waals surface area (Å²) in [7, 11) is 1.29. The first-order chi connectivity index (χ1) is 6.22. The molecule has 4 nitrogen and oxygen atoms in total. The molecule has 0 atom stereocenters. The van der Waals surface area contributed by atoms with Gasteiger partial charge >= 0.3 is 6.09 Å². The van der Waals surface area contributed by atoms with Crippen molar-refractivity contribution in [2.45, 2.75) is 0 Å². The summed E-state index contributed by atoms with van der Waals surface area (Å²) in [5, 5.41) is 0.642. The van der Waals surface area contributed by atoms with E-state index in [0.717, 1.165) is 5.69 Å². The molecule has 1 rings (SSSR count). The molecule has 0 saturated carbocycles. The summed E-state index contributed by atoms with van der Waals surface area (Å²) in [4.78, 5) is 10.6. The highest BCUT2D eigenvalue weighted by Gasteiger charge is 1.96. The lowest BCUT2D eigenvalue weighted by Crippen LogP contribution is -2.28. The minimum absolute atomic E-state index is 0.546. The van der Waals surface area contributed by atoms with Crippen LogP contribution in [0.25, 0.3) is 0 Å². The number of carbonyl (C=O) groups is 1. The highest BCUT2D eigenvalue weighted by Crippen LogP contribution is 2.12. The first-order valence-corrected chi connectivity index (χ1v) is 3.95. The molecule has 70 valence electrons. The van der Waals surface area contributed by atoms with Gasteiger partial charge in [-0.3, -0.25) is 5.43 Å². The van der Waals surface area contributed by atoms with E-state index in [-0.39, 0.29) is 0 Å². The number of hydrogen-bond acceptors (Lipinski definition) is 3. The Hall–Kier alpha value is -1.42. The number of methoxy groups -OCH3 is 1. The molecule has 0 aliphatic rings. The van der Waals surface area contributed by atoms with Gasteiger partial charge in [-0.2, -0.15) is 0 Å². The van der Waals surface area contributed by atoms with E-state index >= 15 is 0 Å². The van der Waals surface area contributed by atoms with Crippen LogP contribution in [0.4, 0.5) is 10.5 Å². The molecule has 0 aliphatic heterocycles. The molecule has 2 N–H and O–H groups in total. The van der Waals surface area contributed by atoms with E-state index in [1.54, 1.807) is 24.3 Å². The fourth-order valence-corrected chi connectivity index (χ4v) is 0.833. The van der Waals surface area contributed by atoms with Gasteiger partial charge in [-0.15, -0.1) is 0 Å². The summed E-state index contributed by atoms with van der Waals surface area (Å²) in [5.41, 5.74) is 5.68. The molecule has 0 unspecified atom stereocenters. The highest BCUT2D eigenvalue weighted by molar-refractivity contribution is 6.30. The number of ether oxygens (including phenoxy) is 1. The second kappa shape index (κ2) is 4.57. The number of nitrogens with one attached hydrogen (secondary N) is 2. The maximum absolute atomic E-state index is 10.6. The van der Waals surface area contributed by atoms with Crippen LogP contribution < -0.4 is 10.9 Å². The molecule has 1 amide bonds. The number of rotatable bonds is 2. The number of benzene rings is 1. The standard InChI is InChI=1S/C8H9ClN2O2/c1-13-8(12)11-10-7-4-2-6(9)3-5-7/h2-5,10H,1H3,(H,11,12). The number of hydrogen-bond donors (Lipinski definition) is 2. The van der Waals surface area contributed by atoms with Crippen molar-refractivity contribution in [3.63, 3.8) is 0 Å². The van der Waals surface area contributed by atoms with Gasteiger partial charge in [-0.25, -0.2) is 10.2 Å². The topological polar surface area (TPSA) is 50.4 Å². The Bertz CT molecular complexity index is 287. The maximum atomic E-state index is 10.6. The Morgan fingerprint density at radius 3 is 2.54 bits per heavy atom. The molecule has 1 aromatic carbocycles. The predicted molar refractivity (Wildman–Crippen MR) is 50.6 cm³/mol. The molecule has 13 heavy (non-hydrogen) atoms. The third kappa shape index (κ3) is 3.21. The van der Waals surface area contributed by atoms with Crippen molar-refractivity contribution in [3.8, 4) is 0 Å². The summed E-state index contributed by atoms with van der Waals surface area (Å²) < 4.78 is 4.36. The van der Waals surface area contributed by atoms with Crippen LogP contribution in [-0.2, 0) is 4.74 Å². The second-order valence-electron chi connectivity index (χ2n) is 2.25. The fraction of sp³-hybridized carbons (Fsp3) is 0.125.